The fourth-order valence-corrected chi connectivity index (χ4v) is 2.57. The van der Waals surface area contributed by atoms with Gasteiger partial charge in [0, 0.05) is 22.1 Å². The summed E-state index contributed by atoms with van der Waals surface area (Å²) in [5.74, 6) is 0. The van der Waals surface area contributed by atoms with Gasteiger partial charge in [-0.1, -0.05) is 22.9 Å². The van der Waals surface area contributed by atoms with Gasteiger partial charge < -0.3 is 4.98 Å². The van der Waals surface area contributed by atoms with Crippen molar-refractivity contribution < 1.29 is 13.2 Å². The van der Waals surface area contributed by atoms with Gasteiger partial charge in [0.25, 0.3) is 0 Å². The van der Waals surface area contributed by atoms with Gasteiger partial charge in [0.05, 0.1) is 5.56 Å². The van der Waals surface area contributed by atoms with Crippen LogP contribution in [0.4, 0.5) is 13.2 Å². The summed E-state index contributed by atoms with van der Waals surface area (Å²) < 4.78 is 40.6. The predicted molar refractivity (Wildman–Crippen MR) is 73.0 cm³/mol. The highest BCUT2D eigenvalue weighted by Crippen LogP contribution is 2.36. The van der Waals surface area contributed by atoms with E-state index in [2.05, 4.69) is 20.9 Å². The van der Waals surface area contributed by atoms with Gasteiger partial charge in [-0.2, -0.15) is 13.2 Å². The summed E-state index contributed by atoms with van der Waals surface area (Å²) in [7, 11) is 0. The number of aryl methyl sites for hydroxylation is 1. The van der Waals surface area contributed by atoms with Crippen molar-refractivity contribution in [3.63, 3.8) is 0 Å². The quantitative estimate of drug-likeness (QED) is 0.765. The molecule has 1 aromatic heterocycles. The average molecular weight is 351 g/mol. The van der Waals surface area contributed by atoms with Crippen LogP contribution in [0, 0.1) is 4.77 Å². The first kappa shape index (κ1) is 14.3. The van der Waals surface area contributed by atoms with Crippen molar-refractivity contribution in [1.82, 2.24) is 9.55 Å². The number of rotatable bonds is 2. The Hall–Kier alpha value is -1.08. The Kier molecular flexibility index (Phi) is 3.87. The lowest BCUT2D eigenvalue weighted by Gasteiger charge is -2.13. The number of hydrogen-bond donors (Lipinski definition) is 1. The summed E-state index contributed by atoms with van der Waals surface area (Å²) in [6.45, 7) is 1.91. The highest BCUT2D eigenvalue weighted by molar-refractivity contribution is 9.10. The second kappa shape index (κ2) is 5.13. The number of nitrogens with zero attached hydrogens (tertiary/aromatic N) is 1. The van der Waals surface area contributed by atoms with Crippen molar-refractivity contribution >= 4 is 28.1 Å². The molecule has 1 heterocycles. The van der Waals surface area contributed by atoms with E-state index in [0.29, 0.717) is 16.9 Å². The molecule has 0 fully saturated rings. The standard InChI is InChI=1S/C12H10BrF3N2S/c1-2-7-6-17-11(19)18(7)8-3-4-10(13)9(5-8)12(14,15)16/h3-6H,2H2,1H3,(H,17,19). The maximum absolute atomic E-state index is 12.9. The molecule has 1 N–H and O–H groups in total. The minimum atomic E-state index is -4.40. The van der Waals surface area contributed by atoms with Gasteiger partial charge >= 0.3 is 6.18 Å². The highest BCUT2D eigenvalue weighted by Gasteiger charge is 2.33. The largest absolute Gasteiger partial charge is 0.417 e. The Morgan fingerprint density at radius 2 is 2.05 bits per heavy atom. The molecule has 0 spiro atoms. The average Bonchev–Trinajstić information content (AvgIpc) is 2.70. The van der Waals surface area contributed by atoms with Crippen molar-refractivity contribution in [2.45, 2.75) is 19.5 Å². The summed E-state index contributed by atoms with van der Waals surface area (Å²) in [5, 5.41) is 0. The fraction of sp³-hybridized carbons (Fsp3) is 0.250. The zero-order valence-corrected chi connectivity index (χ0v) is 12.3. The normalized spacial score (nSPS) is 11.8. The first-order valence-electron chi connectivity index (χ1n) is 5.51. The summed E-state index contributed by atoms with van der Waals surface area (Å²) >= 11 is 8.03. The van der Waals surface area contributed by atoms with Gasteiger partial charge in [0.15, 0.2) is 4.77 Å². The number of alkyl halides is 3. The van der Waals surface area contributed by atoms with E-state index in [1.54, 1.807) is 16.8 Å². The van der Waals surface area contributed by atoms with Crippen LogP contribution in [0.1, 0.15) is 18.2 Å². The summed E-state index contributed by atoms with van der Waals surface area (Å²) in [6, 6.07) is 4.07. The minimum absolute atomic E-state index is 0.0175. The van der Waals surface area contributed by atoms with Crippen LogP contribution in [0.5, 0.6) is 0 Å². The highest BCUT2D eigenvalue weighted by atomic mass is 79.9. The van der Waals surface area contributed by atoms with Crippen LogP contribution in [-0.2, 0) is 12.6 Å². The molecule has 0 amide bonds. The Balaban J connectivity index is 2.65. The number of aromatic amines is 1. The lowest BCUT2D eigenvalue weighted by Crippen LogP contribution is -2.08. The molecule has 0 aliphatic rings. The van der Waals surface area contributed by atoms with Gasteiger partial charge in [-0.3, -0.25) is 4.57 Å². The monoisotopic (exact) mass is 350 g/mol. The van der Waals surface area contributed by atoms with E-state index < -0.39 is 11.7 Å². The Morgan fingerprint density at radius 1 is 1.37 bits per heavy atom. The number of aromatic nitrogens is 2. The third-order valence-corrected chi connectivity index (χ3v) is 3.72. The molecular weight excluding hydrogens is 341 g/mol. The summed E-state index contributed by atoms with van der Waals surface area (Å²) in [5.41, 5.74) is 0.522. The number of hydrogen-bond acceptors (Lipinski definition) is 1. The van der Waals surface area contributed by atoms with Gasteiger partial charge in [0.2, 0.25) is 0 Å². The van der Waals surface area contributed by atoms with Crippen LogP contribution in [-0.4, -0.2) is 9.55 Å². The zero-order valence-electron chi connectivity index (χ0n) is 9.88. The fourth-order valence-electron chi connectivity index (χ4n) is 1.82. The molecule has 0 aliphatic carbocycles. The van der Waals surface area contributed by atoms with Crippen LogP contribution in [0.25, 0.3) is 5.69 Å². The van der Waals surface area contributed by atoms with Crippen LogP contribution >= 0.6 is 28.1 Å². The maximum atomic E-state index is 12.9. The van der Waals surface area contributed by atoms with Gasteiger partial charge in [0.1, 0.15) is 0 Å². The Labute approximate surface area is 121 Å². The number of halogens is 4. The molecule has 0 aliphatic heterocycles. The predicted octanol–water partition coefficient (Wildman–Crippen LogP) is 4.88. The number of nitrogens with one attached hydrogen (secondary N) is 1. The van der Waals surface area contributed by atoms with Crippen LogP contribution in [0.2, 0.25) is 0 Å². The van der Waals surface area contributed by atoms with Crippen LogP contribution in [0.3, 0.4) is 0 Å². The van der Waals surface area contributed by atoms with E-state index >= 15 is 0 Å². The molecule has 0 saturated carbocycles. The van der Waals surface area contributed by atoms with Crippen molar-refractivity contribution in [3.05, 3.63) is 44.9 Å². The molecule has 2 rings (SSSR count). The van der Waals surface area contributed by atoms with Gasteiger partial charge in [-0.25, -0.2) is 0 Å². The number of H-pyrrole nitrogens is 1. The molecule has 7 heteroatoms. The summed E-state index contributed by atoms with van der Waals surface area (Å²) in [4.78, 5) is 2.84. The summed E-state index contributed by atoms with van der Waals surface area (Å²) in [6.07, 6.45) is -2.03. The smallest absolute Gasteiger partial charge is 0.337 e. The van der Waals surface area contributed by atoms with Crippen molar-refractivity contribution in [2.75, 3.05) is 0 Å². The lowest BCUT2D eigenvalue weighted by atomic mass is 10.2. The molecule has 2 aromatic rings. The van der Waals surface area contributed by atoms with Crippen LogP contribution in [0.15, 0.2) is 28.9 Å². The molecular formula is C12H10BrF3N2S. The molecule has 0 unspecified atom stereocenters. The van der Waals surface area contributed by atoms with E-state index in [0.717, 1.165) is 11.8 Å². The van der Waals surface area contributed by atoms with E-state index in [1.165, 1.54) is 6.07 Å². The van der Waals surface area contributed by atoms with E-state index in [9.17, 15) is 13.2 Å². The van der Waals surface area contributed by atoms with E-state index in [4.69, 9.17) is 12.2 Å². The minimum Gasteiger partial charge on any atom is -0.337 e. The molecule has 1 aromatic carbocycles. The molecule has 0 saturated heterocycles. The third-order valence-electron chi connectivity index (χ3n) is 2.73. The molecule has 0 radical (unpaired) electrons. The van der Waals surface area contributed by atoms with Crippen molar-refractivity contribution in [1.29, 1.82) is 0 Å². The second-order valence-electron chi connectivity index (χ2n) is 3.94. The third kappa shape index (κ3) is 2.76. The first-order valence-corrected chi connectivity index (χ1v) is 6.71. The van der Waals surface area contributed by atoms with E-state index in [1.807, 2.05) is 6.92 Å². The Bertz CT molecular complexity index is 658. The van der Waals surface area contributed by atoms with Crippen molar-refractivity contribution in [3.8, 4) is 5.69 Å². The lowest BCUT2D eigenvalue weighted by molar-refractivity contribution is -0.138. The Morgan fingerprint density at radius 3 is 2.63 bits per heavy atom. The maximum Gasteiger partial charge on any atom is 0.417 e. The van der Waals surface area contributed by atoms with Gasteiger partial charge in [-0.15, -0.1) is 0 Å². The topological polar surface area (TPSA) is 20.7 Å². The number of imidazole rings is 1. The molecule has 0 bridgehead atoms. The molecule has 0 atom stereocenters. The first-order chi connectivity index (χ1) is 8.84. The van der Waals surface area contributed by atoms with E-state index in [-0.39, 0.29) is 4.47 Å². The van der Waals surface area contributed by atoms with Crippen molar-refractivity contribution in [2.24, 2.45) is 0 Å². The second-order valence-corrected chi connectivity index (χ2v) is 5.18. The van der Waals surface area contributed by atoms with Crippen LogP contribution < -0.4 is 0 Å². The number of benzene rings is 1. The van der Waals surface area contributed by atoms with Gasteiger partial charge in [-0.05, 0) is 36.8 Å². The molecule has 19 heavy (non-hydrogen) atoms. The zero-order chi connectivity index (χ0) is 14.2. The molecule has 2 nitrogen and oxygen atoms in total. The SMILES string of the molecule is CCc1c[nH]c(=S)n1-c1ccc(Br)c(C(F)(F)F)c1. The molecule has 102 valence electrons.